The predicted octanol–water partition coefficient (Wildman–Crippen LogP) is 0.489. The highest BCUT2D eigenvalue weighted by Crippen LogP contribution is 2.21. The number of nitrogens with two attached hydrogens (primary N) is 1. The summed E-state index contributed by atoms with van der Waals surface area (Å²) in [6.07, 6.45) is 0. The third-order valence-electron chi connectivity index (χ3n) is 2.46. The molecule has 0 saturated carbocycles. The first-order valence-electron chi connectivity index (χ1n) is 6.03. The lowest BCUT2D eigenvalue weighted by Crippen LogP contribution is -2.28. The summed E-state index contributed by atoms with van der Waals surface area (Å²) >= 11 is 3.08. The number of halogens is 1. The Morgan fingerprint density at radius 1 is 1.33 bits per heavy atom. The summed E-state index contributed by atoms with van der Waals surface area (Å²) in [5.74, 6) is -0.400. The largest absolute Gasteiger partial charge is 0.382 e. The molecular formula is C12H17BrN2O5S. The SMILES string of the molecule is COCCOCCNC(=O)c1ccc(Br)c(S(N)(=O)=O)c1. The molecule has 1 rings (SSSR count). The first-order valence-corrected chi connectivity index (χ1v) is 8.37. The average Bonchev–Trinajstić information content (AvgIpc) is 2.41. The number of ether oxygens (including phenoxy) is 2. The van der Waals surface area contributed by atoms with Crippen LogP contribution in [0.15, 0.2) is 27.6 Å². The maximum Gasteiger partial charge on any atom is 0.251 e. The number of hydrogen-bond acceptors (Lipinski definition) is 5. The van der Waals surface area contributed by atoms with Crippen molar-refractivity contribution < 1.29 is 22.7 Å². The summed E-state index contributed by atoms with van der Waals surface area (Å²) in [5.41, 5.74) is 0.208. The fourth-order valence-corrected chi connectivity index (χ4v) is 3.00. The number of amides is 1. The van der Waals surface area contributed by atoms with Gasteiger partial charge in [0.1, 0.15) is 0 Å². The molecule has 0 spiro atoms. The van der Waals surface area contributed by atoms with Crippen molar-refractivity contribution in [3.63, 3.8) is 0 Å². The summed E-state index contributed by atoms with van der Waals surface area (Å²) in [6.45, 7) is 1.58. The molecule has 0 saturated heterocycles. The van der Waals surface area contributed by atoms with Gasteiger partial charge in [-0.1, -0.05) is 0 Å². The van der Waals surface area contributed by atoms with Gasteiger partial charge in [0, 0.05) is 23.7 Å². The van der Waals surface area contributed by atoms with E-state index in [0.29, 0.717) is 30.8 Å². The van der Waals surface area contributed by atoms with Crippen molar-refractivity contribution in [3.05, 3.63) is 28.2 Å². The van der Waals surface area contributed by atoms with E-state index >= 15 is 0 Å². The van der Waals surface area contributed by atoms with Crippen molar-refractivity contribution in [2.24, 2.45) is 5.14 Å². The molecule has 7 nitrogen and oxygen atoms in total. The second kappa shape index (κ2) is 8.44. The smallest absolute Gasteiger partial charge is 0.251 e. The van der Waals surface area contributed by atoms with Gasteiger partial charge in [0.15, 0.2) is 0 Å². The molecule has 1 amide bonds. The summed E-state index contributed by atoms with van der Waals surface area (Å²) in [6, 6.07) is 4.18. The van der Waals surface area contributed by atoms with E-state index in [0.717, 1.165) is 0 Å². The lowest BCUT2D eigenvalue weighted by molar-refractivity contribution is 0.0692. The Bertz CT molecular complexity index is 591. The Labute approximate surface area is 132 Å². The van der Waals surface area contributed by atoms with Crippen LogP contribution in [0.25, 0.3) is 0 Å². The Morgan fingerprint density at radius 3 is 2.67 bits per heavy atom. The molecule has 0 heterocycles. The van der Waals surface area contributed by atoms with Crippen LogP contribution in [0.2, 0.25) is 0 Å². The topological polar surface area (TPSA) is 108 Å². The van der Waals surface area contributed by atoms with E-state index in [9.17, 15) is 13.2 Å². The zero-order valence-corrected chi connectivity index (χ0v) is 13.9. The lowest BCUT2D eigenvalue weighted by Gasteiger charge is -2.08. The Hall–Kier alpha value is -1.000. The van der Waals surface area contributed by atoms with Crippen molar-refractivity contribution in [3.8, 4) is 0 Å². The van der Waals surface area contributed by atoms with E-state index in [2.05, 4.69) is 21.2 Å². The van der Waals surface area contributed by atoms with E-state index in [1.165, 1.54) is 18.2 Å². The molecular weight excluding hydrogens is 364 g/mol. The first kappa shape index (κ1) is 18.1. The predicted molar refractivity (Wildman–Crippen MR) is 80.5 cm³/mol. The lowest BCUT2D eigenvalue weighted by atomic mass is 10.2. The van der Waals surface area contributed by atoms with Crippen molar-refractivity contribution >= 4 is 31.9 Å². The van der Waals surface area contributed by atoms with E-state index in [-0.39, 0.29) is 10.5 Å². The van der Waals surface area contributed by atoms with Gasteiger partial charge >= 0.3 is 0 Å². The van der Waals surface area contributed by atoms with Crippen LogP contribution < -0.4 is 10.5 Å². The Balaban J connectivity index is 2.59. The van der Waals surface area contributed by atoms with Gasteiger partial charge in [0.25, 0.3) is 5.91 Å². The van der Waals surface area contributed by atoms with Crippen molar-refractivity contribution in [1.29, 1.82) is 0 Å². The second-order valence-corrected chi connectivity index (χ2v) is 6.44. The van der Waals surface area contributed by atoms with Crippen LogP contribution in [0.1, 0.15) is 10.4 Å². The molecule has 118 valence electrons. The molecule has 21 heavy (non-hydrogen) atoms. The molecule has 0 aromatic heterocycles. The number of carbonyl (C=O) groups is 1. The molecule has 0 aliphatic carbocycles. The number of carbonyl (C=O) groups excluding carboxylic acids is 1. The number of rotatable bonds is 8. The Morgan fingerprint density at radius 2 is 2.05 bits per heavy atom. The molecule has 0 radical (unpaired) electrons. The summed E-state index contributed by atoms with van der Waals surface area (Å²) in [7, 11) is -2.32. The monoisotopic (exact) mass is 380 g/mol. The Kier molecular flexibility index (Phi) is 7.26. The van der Waals surface area contributed by atoms with Gasteiger partial charge in [-0.15, -0.1) is 0 Å². The summed E-state index contributed by atoms with van der Waals surface area (Å²) < 4.78 is 33.1. The minimum atomic E-state index is -3.89. The maximum atomic E-state index is 11.9. The highest BCUT2D eigenvalue weighted by atomic mass is 79.9. The van der Waals surface area contributed by atoms with Gasteiger partial charge < -0.3 is 14.8 Å². The molecule has 3 N–H and O–H groups in total. The van der Waals surface area contributed by atoms with Gasteiger partial charge in [-0.25, -0.2) is 13.6 Å². The van der Waals surface area contributed by atoms with Crippen LogP contribution in [0.5, 0.6) is 0 Å². The van der Waals surface area contributed by atoms with Gasteiger partial charge in [0.05, 0.1) is 24.7 Å². The van der Waals surface area contributed by atoms with Crippen LogP contribution in [-0.2, 0) is 19.5 Å². The highest BCUT2D eigenvalue weighted by Gasteiger charge is 2.15. The van der Waals surface area contributed by atoms with E-state index in [4.69, 9.17) is 14.6 Å². The number of nitrogens with one attached hydrogen (secondary N) is 1. The van der Waals surface area contributed by atoms with Gasteiger partial charge in [-0.05, 0) is 34.1 Å². The minimum absolute atomic E-state index is 0.133. The van der Waals surface area contributed by atoms with Crippen molar-refractivity contribution in [2.75, 3.05) is 33.5 Å². The van der Waals surface area contributed by atoms with E-state index in [1.54, 1.807) is 7.11 Å². The number of primary sulfonamides is 1. The average molecular weight is 381 g/mol. The zero-order chi connectivity index (χ0) is 15.9. The molecule has 9 heteroatoms. The molecule has 0 aliphatic heterocycles. The highest BCUT2D eigenvalue weighted by molar-refractivity contribution is 9.10. The van der Waals surface area contributed by atoms with Gasteiger partial charge in [0.2, 0.25) is 10.0 Å². The molecule has 1 aromatic rings. The molecule has 0 atom stereocenters. The van der Waals surface area contributed by atoms with E-state index in [1.807, 2.05) is 0 Å². The van der Waals surface area contributed by atoms with Gasteiger partial charge in [-0.3, -0.25) is 4.79 Å². The van der Waals surface area contributed by atoms with Crippen molar-refractivity contribution in [1.82, 2.24) is 5.32 Å². The fourth-order valence-electron chi connectivity index (χ4n) is 1.45. The third-order valence-corrected chi connectivity index (χ3v) is 4.37. The molecule has 0 bridgehead atoms. The summed E-state index contributed by atoms with van der Waals surface area (Å²) in [4.78, 5) is 11.7. The quantitative estimate of drug-likeness (QED) is 0.638. The van der Waals surface area contributed by atoms with Crippen LogP contribution >= 0.6 is 15.9 Å². The number of sulfonamides is 1. The normalized spacial score (nSPS) is 11.4. The van der Waals surface area contributed by atoms with Crippen LogP contribution in [0.4, 0.5) is 0 Å². The summed E-state index contributed by atoms with van der Waals surface area (Å²) in [5, 5.41) is 7.69. The molecule has 1 aromatic carbocycles. The van der Waals surface area contributed by atoms with Gasteiger partial charge in [-0.2, -0.15) is 0 Å². The zero-order valence-electron chi connectivity index (χ0n) is 11.5. The minimum Gasteiger partial charge on any atom is -0.382 e. The number of benzene rings is 1. The fraction of sp³-hybridized carbons (Fsp3) is 0.417. The first-order chi connectivity index (χ1) is 9.86. The maximum absolute atomic E-state index is 11.9. The molecule has 0 aliphatic rings. The molecule has 0 unspecified atom stereocenters. The number of hydrogen-bond donors (Lipinski definition) is 2. The van der Waals surface area contributed by atoms with E-state index < -0.39 is 15.9 Å². The van der Waals surface area contributed by atoms with Crippen molar-refractivity contribution in [2.45, 2.75) is 4.90 Å². The third kappa shape index (κ3) is 6.10. The molecule has 0 fully saturated rings. The van der Waals surface area contributed by atoms with Crippen LogP contribution in [-0.4, -0.2) is 47.8 Å². The van der Waals surface area contributed by atoms with Crippen LogP contribution in [0, 0.1) is 0 Å². The number of methoxy groups -OCH3 is 1. The standard InChI is InChI=1S/C12H17BrN2O5S/c1-19-6-7-20-5-4-15-12(16)9-2-3-10(13)11(8-9)21(14,17)18/h2-3,8H,4-7H2,1H3,(H,15,16)(H2,14,17,18). The van der Waals surface area contributed by atoms with Crippen LogP contribution in [0.3, 0.4) is 0 Å². The second-order valence-electron chi connectivity index (χ2n) is 4.05.